The second-order valence-electron chi connectivity index (χ2n) is 6.48. The fraction of sp³-hybridized carbons (Fsp3) is 0.167. The number of aromatic nitrogens is 6. The first-order valence-electron chi connectivity index (χ1n) is 8.34. The summed E-state index contributed by atoms with van der Waals surface area (Å²) >= 11 is 1.29. The van der Waals surface area contributed by atoms with E-state index in [9.17, 15) is 4.79 Å². The van der Waals surface area contributed by atoms with Crippen molar-refractivity contribution >= 4 is 43.6 Å². The van der Waals surface area contributed by atoms with E-state index >= 15 is 0 Å². The van der Waals surface area contributed by atoms with Crippen LogP contribution in [0, 0.1) is 6.92 Å². The first-order valence-corrected chi connectivity index (χ1v) is 9.15. The van der Waals surface area contributed by atoms with Crippen molar-refractivity contribution in [3.8, 4) is 5.69 Å². The van der Waals surface area contributed by atoms with Crippen LogP contribution in [0.1, 0.15) is 5.56 Å². The zero-order valence-electron chi connectivity index (χ0n) is 14.9. The Morgan fingerprint density at radius 3 is 2.52 bits per heavy atom. The Morgan fingerprint density at radius 1 is 1.04 bits per heavy atom. The summed E-state index contributed by atoms with van der Waals surface area (Å²) in [5.74, 6) is 1.07. The molecule has 9 heteroatoms. The van der Waals surface area contributed by atoms with Gasteiger partial charge in [0.15, 0.2) is 0 Å². The molecule has 5 aromatic rings. The molecule has 134 valence electrons. The monoisotopic (exact) mass is 377 g/mol. The van der Waals surface area contributed by atoms with Crippen molar-refractivity contribution in [3.05, 3.63) is 52.6 Å². The molecule has 0 bridgehead atoms. The molecule has 0 aliphatic rings. The van der Waals surface area contributed by atoms with Crippen LogP contribution in [0.3, 0.4) is 0 Å². The van der Waals surface area contributed by atoms with E-state index in [2.05, 4.69) is 15.1 Å². The Kier molecular flexibility index (Phi) is 3.28. The Labute approximate surface area is 157 Å². The smallest absolute Gasteiger partial charge is 0.293 e. The lowest BCUT2D eigenvalue weighted by atomic mass is 10.2. The number of hydrogen-bond donors (Lipinski definition) is 0. The number of nitrogens with zero attached hydrogens (tertiary/aromatic N) is 7. The Hall–Kier alpha value is -3.33. The number of thiophene rings is 1. The topological polar surface area (TPSA) is 81.2 Å². The summed E-state index contributed by atoms with van der Waals surface area (Å²) < 4.78 is 3.74. The van der Waals surface area contributed by atoms with Gasteiger partial charge in [-0.25, -0.2) is 19.5 Å². The van der Waals surface area contributed by atoms with Gasteiger partial charge >= 0.3 is 0 Å². The standard InChI is InChI=1S/C18H15N7OS/c1-10-4-6-11(7-5-10)24-17-21-12-13-15(20-9-8-19-13)27-14(12)16(26)25(17)22-18(24)23(2)3/h4-9H,1-3H3. The second-order valence-corrected chi connectivity index (χ2v) is 7.48. The molecule has 0 spiro atoms. The summed E-state index contributed by atoms with van der Waals surface area (Å²) in [7, 11) is 3.78. The second kappa shape index (κ2) is 5.58. The van der Waals surface area contributed by atoms with Crippen molar-refractivity contribution in [1.82, 2.24) is 29.1 Å². The van der Waals surface area contributed by atoms with E-state index in [-0.39, 0.29) is 5.56 Å². The van der Waals surface area contributed by atoms with Gasteiger partial charge < -0.3 is 4.90 Å². The number of rotatable bonds is 2. The quantitative estimate of drug-likeness (QED) is 0.470. The molecule has 0 radical (unpaired) electrons. The maximum Gasteiger partial charge on any atom is 0.293 e. The molecular weight excluding hydrogens is 362 g/mol. The molecular formula is C18H15N7OS. The highest BCUT2D eigenvalue weighted by atomic mass is 32.1. The summed E-state index contributed by atoms with van der Waals surface area (Å²) in [4.78, 5) is 29.1. The molecule has 0 N–H and O–H groups in total. The van der Waals surface area contributed by atoms with Gasteiger partial charge in [-0.15, -0.1) is 16.4 Å². The van der Waals surface area contributed by atoms with E-state index < -0.39 is 0 Å². The van der Waals surface area contributed by atoms with Crippen molar-refractivity contribution in [1.29, 1.82) is 0 Å². The van der Waals surface area contributed by atoms with Gasteiger partial charge in [-0.3, -0.25) is 4.79 Å². The fourth-order valence-corrected chi connectivity index (χ4v) is 4.04. The maximum atomic E-state index is 13.1. The normalized spacial score (nSPS) is 11.7. The van der Waals surface area contributed by atoms with E-state index in [1.165, 1.54) is 15.9 Å². The van der Waals surface area contributed by atoms with Gasteiger partial charge in [0, 0.05) is 26.5 Å². The summed E-state index contributed by atoms with van der Waals surface area (Å²) in [6, 6.07) is 8.03. The average molecular weight is 377 g/mol. The van der Waals surface area contributed by atoms with E-state index in [1.807, 2.05) is 54.8 Å². The predicted molar refractivity (Wildman–Crippen MR) is 106 cm³/mol. The minimum atomic E-state index is -0.214. The summed E-state index contributed by atoms with van der Waals surface area (Å²) in [6.45, 7) is 2.03. The van der Waals surface area contributed by atoms with E-state index in [0.717, 1.165) is 11.3 Å². The predicted octanol–water partition coefficient (Wildman–Crippen LogP) is 2.41. The van der Waals surface area contributed by atoms with E-state index in [0.29, 0.717) is 32.3 Å². The molecule has 0 unspecified atom stereocenters. The van der Waals surface area contributed by atoms with Gasteiger partial charge in [0.2, 0.25) is 11.7 Å². The van der Waals surface area contributed by atoms with Gasteiger partial charge in [0.25, 0.3) is 5.56 Å². The molecule has 4 heterocycles. The highest BCUT2D eigenvalue weighted by molar-refractivity contribution is 7.25. The van der Waals surface area contributed by atoms with Crippen LogP contribution in [0.2, 0.25) is 0 Å². The lowest BCUT2D eigenvalue weighted by molar-refractivity contribution is 0.895. The van der Waals surface area contributed by atoms with Gasteiger partial charge in [-0.05, 0) is 19.1 Å². The van der Waals surface area contributed by atoms with Crippen molar-refractivity contribution < 1.29 is 0 Å². The van der Waals surface area contributed by atoms with Gasteiger partial charge in [0.1, 0.15) is 20.6 Å². The van der Waals surface area contributed by atoms with Crippen LogP contribution < -0.4 is 10.5 Å². The molecule has 0 fully saturated rings. The molecule has 0 amide bonds. The number of anilines is 1. The maximum absolute atomic E-state index is 13.1. The summed E-state index contributed by atoms with van der Waals surface area (Å²) in [5, 5.41) is 4.53. The van der Waals surface area contributed by atoms with Gasteiger partial charge in [-0.1, -0.05) is 17.7 Å². The molecule has 27 heavy (non-hydrogen) atoms. The minimum Gasteiger partial charge on any atom is -0.347 e. The molecule has 0 aliphatic carbocycles. The Balaban J connectivity index is 1.96. The van der Waals surface area contributed by atoms with Crippen LogP contribution in [-0.2, 0) is 0 Å². The molecule has 4 aromatic heterocycles. The van der Waals surface area contributed by atoms with Crippen LogP contribution >= 0.6 is 11.3 Å². The van der Waals surface area contributed by atoms with E-state index in [4.69, 9.17) is 4.98 Å². The largest absolute Gasteiger partial charge is 0.347 e. The molecule has 0 saturated carbocycles. The van der Waals surface area contributed by atoms with Crippen LogP contribution in [-0.4, -0.2) is 43.2 Å². The first-order chi connectivity index (χ1) is 13.0. The first kappa shape index (κ1) is 15.9. The fourth-order valence-electron chi connectivity index (χ4n) is 3.07. The molecule has 5 rings (SSSR count). The minimum absolute atomic E-state index is 0.214. The third-order valence-electron chi connectivity index (χ3n) is 4.37. The zero-order valence-corrected chi connectivity index (χ0v) is 15.7. The van der Waals surface area contributed by atoms with Crippen LogP contribution in [0.15, 0.2) is 41.5 Å². The van der Waals surface area contributed by atoms with Crippen molar-refractivity contribution in [3.63, 3.8) is 0 Å². The summed E-state index contributed by atoms with van der Waals surface area (Å²) in [5.41, 5.74) is 3.03. The summed E-state index contributed by atoms with van der Waals surface area (Å²) in [6.07, 6.45) is 3.23. The van der Waals surface area contributed by atoms with Gasteiger partial charge in [-0.2, -0.15) is 4.52 Å². The Bertz CT molecular complexity index is 1380. The van der Waals surface area contributed by atoms with E-state index in [1.54, 1.807) is 12.4 Å². The SMILES string of the molecule is Cc1ccc(-n2c(N(C)C)nn3c(=O)c4sc5nccnc5c4nc23)cc1. The lowest BCUT2D eigenvalue weighted by Crippen LogP contribution is -2.15. The number of aryl methyl sites for hydroxylation is 1. The Morgan fingerprint density at radius 2 is 1.78 bits per heavy atom. The van der Waals surface area contributed by atoms with Gasteiger partial charge in [0.05, 0.1) is 5.69 Å². The van der Waals surface area contributed by atoms with Crippen molar-refractivity contribution in [2.45, 2.75) is 6.92 Å². The highest BCUT2D eigenvalue weighted by Gasteiger charge is 2.21. The molecule has 0 atom stereocenters. The van der Waals surface area contributed by atoms with Crippen LogP contribution in [0.5, 0.6) is 0 Å². The zero-order chi connectivity index (χ0) is 18.7. The third-order valence-corrected chi connectivity index (χ3v) is 5.44. The van der Waals surface area contributed by atoms with Crippen molar-refractivity contribution in [2.24, 2.45) is 0 Å². The lowest BCUT2D eigenvalue weighted by Gasteiger charge is -2.13. The van der Waals surface area contributed by atoms with Crippen molar-refractivity contribution in [2.75, 3.05) is 19.0 Å². The average Bonchev–Trinajstić information content (AvgIpc) is 3.22. The van der Waals surface area contributed by atoms with Crippen LogP contribution in [0.25, 0.3) is 32.0 Å². The number of hydrogen-bond acceptors (Lipinski definition) is 7. The highest BCUT2D eigenvalue weighted by Crippen LogP contribution is 2.28. The number of benzene rings is 1. The molecule has 8 nitrogen and oxygen atoms in total. The third kappa shape index (κ3) is 2.25. The molecule has 0 aliphatic heterocycles. The molecule has 1 aromatic carbocycles. The number of fused-ring (bicyclic) bond motifs is 4. The van der Waals surface area contributed by atoms with Crippen LogP contribution in [0.4, 0.5) is 5.95 Å². The molecule has 0 saturated heterocycles.